The maximum Gasteiger partial charge on any atom is 0.341 e. The second-order valence-electron chi connectivity index (χ2n) is 5.85. The summed E-state index contributed by atoms with van der Waals surface area (Å²) >= 11 is 1.34. The van der Waals surface area contributed by atoms with E-state index in [0.29, 0.717) is 17.2 Å². The van der Waals surface area contributed by atoms with Gasteiger partial charge in [-0.3, -0.25) is 4.79 Å². The summed E-state index contributed by atoms with van der Waals surface area (Å²) in [6.07, 6.45) is 2.08. The lowest BCUT2D eigenvalue weighted by atomic mass is 9.77. The fourth-order valence-corrected chi connectivity index (χ4v) is 3.40. The molecule has 116 valence electrons. The van der Waals surface area contributed by atoms with Gasteiger partial charge >= 0.3 is 5.97 Å². The number of ether oxygens (including phenoxy) is 1. The van der Waals surface area contributed by atoms with E-state index in [2.05, 4.69) is 24.5 Å². The van der Waals surface area contributed by atoms with Gasteiger partial charge in [0.1, 0.15) is 5.00 Å². The van der Waals surface area contributed by atoms with Crippen LogP contribution in [0.5, 0.6) is 0 Å². The standard InChI is InChI=1S/C15H22N2O3S/c1-4-20-14(19)10-6-9-21-13(10)17-12(18)11-15(2,3)7-5-8-16-11/h6,9,11,16H,4-5,7-8H2,1-3H3,(H,17,18). The first kappa shape index (κ1) is 16.0. The van der Waals surface area contributed by atoms with Gasteiger partial charge in [-0.15, -0.1) is 11.3 Å². The highest BCUT2D eigenvalue weighted by atomic mass is 32.1. The minimum absolute atomic E-state index is 0.0901. The average Bonchev–Trinajstić information content (AvgIpc) is 2.86. The van der Waals surface area contributed by atoms with E-state index in [-0.39, 0.29) is 17.4 Å². The van der Waals surface area contributed by atoms with Crippen LogP contribution in [0.4, 0.5) is 5.00 Å². The van der Waals surface area contributed by atoms with E-state index in [1.54, 1.807) is 18.4 Å². The fraction of sp³-hybridized carbons (Fsp3) is 0.600. The highest BCUT2D eigenvalue weighted by molar-refractivity contribution is 7.14. The van der Waals surface area contributed by atoms with Gasteiger partial charge < -0.3 is 15.4 Å². The number of piperidine rings is 1. The van der Waals surface area contributed by atoms with E-state index in [1.165, 1.54) is 11.3 Å². The van der Waals surface area contributed by atoms with E-state index < -0.39 is 5.97 Å². The van der Waals surface area contributed by atoms with Gasteiger partial charge in [-0.25, -0.2) is 4.79 Å². The molecule has 0 bridgehead atoms. The molecule has 1 aromatic rings. The lowest BCUT2D eigenvalue weighted by molar-refractivity contribution is -0.121. The molecule has 0 aromatic carbocycles. The highest BCUT2D eigenvalue weighted by Gasteiger charge is 2.37. The molecule has 2 heterocycles. The van der Waals surface area contributed by atoms with Gasteiger partial charge in [-0.2, -0.15) is 0 Å². The first-order valence-corrected chi connectivity index (χ1v) is 8.12. The number of nitrogens with one attached hydrogen (secondary N) is 2. The first-order valence-electron chi connectivity index (χ1n) is 7.24. The molecule has 0 aliphatic carbocycles. The molecular formula is C15H22N2O3S. The van der Waals surface area contributed by atoms with E-state index in [1.807, 2.05) is 0 Å². The molecule has 6 heteroatoms. The van der Waals surface area contributed by atoms with E-state index in [4.69, 9.17) is 4.74 Å². The van der Waals surface area contributed by atoms with Gasteiger partial charge in [-0.1, -0.05) is 13.8 Å². The normalized spacial score (nSPS) is 20.8. The minimum Gasteiger partial charge on any atom is -0.462 e. The van der Waals surface area contributed by atoms with Crippen molar-refractivity contribution in [2.45, 2.75) is 39.7 Å². The summed E-state index contributed by atoms with van der Waals surface area (Å²) in [6, 6.07) is 1.43. The number of esters is 1. The lowest BCUT2D eigenvalue weighted by Crippen LogP contribution is -2.53. The summed E-state index contributed by atoms with van der Waals surface area (Å²) in [6.45, 7) is 7.10. The van der Waals surface area contributed by atoms with Gasteiger partial charge in [0.15, 0.2) is 0 Å². The monoisotopic (exact) mass is 310 g/mol. The van der Waals surface area contributed by atoms with Crippen LogP contribution in [0.2, 0.25) is 0 Å². The second-order valence-corrected chi connectivity index (χ2v) is 6.77. The predicted octanol–water partition coefficient (Wildman–Crippen LogP) is 2.64. The van der Waals surface area contributed by atoms with E-state index >= 15 is 0 Å². The Morgan fingerprint density at radius 1 is 1.52 bits per heavy atom. The van der Waals surface area contributed by atoms with Gasteiger partial charge in [0.2, 0.25) is 5.91 Å². The zero-order chi connectivity index (χ0) is 15.5. The Bertz CT molecular complexity index is 525. The summed E-state index contributed by atoms with van der Waals surface area (Å²) in [5, 5.41) is 8.48. The van der Waals surface area contributed by atoms with Crippen molar-refractivity contribution in [1.82, 2.24) is 5.32 Å². The van der Waals surface area contributed by atoms with Crippen molar-refractivity contribution in [3.8, 4) is 0 Å². The van der Waals surface area contributed by atoms with Crippen molar-refractivity contribution in [2.24, 2.45) is 5.41 Å². The molecule has 1 aromatic heterocycles. The van der Waals surface area contributed by atoms with Crippen LogP contribution in [0.15, 0.2) is 11.4 Å². The molecule has 2 N–H and O–H groups in total. The number of anilines is 1. The van der Waals surface area contributed by atoms with Crippen molar-refractivity contribution < 1.29 is 14.3 Å². The smallest absolute Gasteiger partial charge is 0.341 e. The molecule has 1 aliphatic heterocycles. The van der Waals surface area contributed by atoms with Crippen molar-refractivity contribution in [1.29, 1.82) is 0 Å². The second kappa shape index (κ2) is 6.58. The van der Waals surface area contributed by atoms with Crippen LogP contribution in [0.3, 0.4) is 0 Å². The van der Waals surface area contributed by atoms with Gasteiger partial charge in [-0.05, 0) is 43.2 Å². The van der Waals surface area contributed by atoms with Crippen LogP contribution in [-0.2, 0) is 9.53 Å². The topological polar surface area (TPSA) is 67.4 Å². The molecule has 0 radical (unpaired) electrons. The molecule has 0 saturated carbocycles. The number of hydrogen-bond acceptors (Lipinski definition) is 5. The third-order valence-corrected chi connectivity index (χ3v) is 4.62. The number of hydrogen-bond donors (Lipinski definition) is 2. The SMILES string of the molecule is CCOC(=O)c1ccsc1NC(=O)C1NCCCC1(C)C. The van der Waals surface area contributed by atoms with Crippen molar-refractivity contribution in [3.05, 3.63) is 17.0 Å². The maximum atomic E-state index is 12.5. The maximum absolute atomic E-state index is 12.5. The number of amides is 1. The minimum atomic E-state index is -0.398. The number of thiophene rings is 1. The molecule has 1 saturated heterocycles. The largest absolute Gasteiger partial charge is 0.462 e. The van der Waals surface area contributed by atoms with Crippen LogP contribution >= 0.6 is 11.3 Å². The average molecular weight is 310 g/mol. The predicted molar refractivity (Wildman–Crippen MR) is 83.7 cm³/mol. The van der Waals surface area contributed by atoms with Crippen molar-refractivity contribution >= 4 is 28.2 Å². The summed E-state index contributed by atoms with van der Waals surface area (Å²) in [5.41, 5.74) is 0.327. The highest BCUT2D eigenvalue weighted by Crippen LogP contribution is 2.32. The lowest BCUT2D eigenvalue weighted by Gasteiger charge is -2.38. The van der Waals surface area contributed by atoms with Gasteiger partial charge in [0, 0.05) is 0 Å². The molecule has 1 unspecified atom stereocenters. The Kier molecular flexibility index (Phi) is 5.00. The third-order valence-electron chi connectivity index (χ3n) is 3.79. The molecular weight excluding hydrogens is 288 g/mol. The van der Waals surface area contributed by atoms with Crippen LogP contribution in [0, 0.1) is 5.41 Å². The summed E-state index contributed by atoms with van der Waals surface area (Å²) in [7, 11) is 0. The zero-order valence-electron chi connectivity index (χ0n) is 12.7. The Hall–Kier alpha value is -1.40. The summed E-state index contributed by atoms with van der Waals surface area (Å²) in [4.78, 5) is 24.3. The number of carbonyl (C=O) groups excluding carboxylic acids is 2. The van der Waals surface area contributed by atoms with Crippen molar-refractivity contribution in [3.63, 3.8) is 0 Å². The Morgan fingerprint density at radius 3 is 2.95 bits per heavy atom. The Labute approximate surface area is 129 Å². The molecule has 1 atom stereocenters. The molecule has 1 amide bonds. The summed E-state index contributed by atoms with van der Waals surface area (Å²) < 4.78 is 5.00. The molecule has 1 aliphatic rings. The van der Waals surface area contributed by atoms with Gasteiger partial charge in [0.25, 0.3) is 0 Å². The van der Waals surface area contributed by atoms with Crippen LogP contribution in [0.25, 0.3) is 0 Å². The van der Waals surface area contributed by atoms with Crippen LogP contribution < -0.4 is 10.6 Å². The molecule has 21 heavy (non-hydrogen) atoms. The van der Waals surface area contributed by atoms with Gasteiger partial charge in [0.05, 0.1) is 18.2 Å². The Balaban J connectivity index is 2.10. The number of carbonyl (C=O) groups is 2. The van der Waals surface area contributed by atoms with Crippen LogP contribution in [0.1, 0.15) is 44.0 Å². The van der Waals surface area contributed by atoms with E-state index in [9.17, 15) is 9.59 Å². The number of rotatable bonds is 4. The van der Waals surface area contributed by atoms with Crippen LogP contribution in [-0.4, -0.2) is 31.1 Å². The quantitative estimate of drug-likeness (QED) is 0.839. The summed E-state index contributed by atoms with van der Waals surface area (Å²) in [5.74, 6) is -0.488. The zero-order valence-corrected chi connectivity index (χ0v) is 13.5. The molecule has 5 nitrogen and oxygen atoms in total. The molecule has 0 spiro atoms. The molecule has 2 rings (SSSR count). The fourth-order valence-electron chi connectivity index (χ4n) is 2.62. The van der Waals surface area contributed by atoms with Crippen molar-refractivity contribution in [2.75, 3.05) is 18.5 Å². The first-order chi connectivity index (χ1) is 9.95. The third kappa shape index (κ3) is 3.63. The van der Waals surface area contributed by atoms with E-state index in [0.717, 1.165) is 19.4 Å². The Morgan fingerprint density at radius 2 is 2.29 bits per heavy atom. The molecule has 1 fully saturated rings.